The number of fused-ring (bicyclic) bond motifs is 1. The van der Waals surface area contributed by atoms with E-state index in [9.17, 15) is 9.18 Å². The summed E-state index contributed by atoms with van der Waals surface area (Å²) in [6, 6.07) is 6.23. The molecule has 1 aromatic carbocycles. The van der Waals surface area contributed by atoms with E-state index >= 15 is 0 Å². The summed E-state index contributed by atoms with van der Waals surface area (Å²) in [6.45, 7) is 2.10. The van der Waals surface area contributed by atoms with E-state index in [4.69, 9.17) is 4.74 Å². The second-order valence-electron chi connectivity index (χ2n) is 8.54. The summed E-state index contributed by atoms with van der Waals surface area (Å²) in [7, 11) is 1.66. The van der Waals surface area contributed by atoms with Crippen LogP contribution >= 0.6 is 0 Å². The van der Waals surface area contributed by atoms with E-state index in [1.54, 1.807) is 7.11 Å². The number of carbonyl (C=O) groups excluding carboxylic acids is 1. The number of hydrogen-bond acceptors (Lipinski definition) is 2. The van der Waals surface area contributed by atoms with Crippen LogP contribution < -0.4 is 4.74 Å². The monoisotopic (exact) mass is 356 g/mol. The molecule has 4 aliphatic rings. The molecule has 0 spiro atoms. The van der Waals surface area contributed by atoms with Crippen LogP contribution in [0.25, 0.3) is 10.9 Å². The van der Waals surface area contributed by atoms with Gasteiger partial charge in [-0.1, -0.05) is 6.92 Å². The van der Waals surface area contributed by atoms with Gasteiger partial charge in [-0.3, -0.25) is 4.79 Å². The maximum Gasteiger partial charge on any atom is 0.223 e. The molecule has 138 valence electrons. The van der Waals surface area contributed by atoms with Gasteiger partial charge >= 0.3 is 0 Å². The molecular formula is C21H25FN2O2. The van der Waals surface area contributed by atoms with Gasteiger partial charge in [0, 0.05) is 48.4 Å². The van der Waals surface area contributed by atoms with Crippen molar-refractivity contribution in [2.45, 2.75) is 62.7 Å². The Morgan fingerprint density at radius 3 is 3.04 bits per heavy atom. The van der Waals surface area contributed by atoms with Crippen molar-refractivity contribution < 1.29 is 13.9 Å². The summed E-state index contributed by atoms with van der Waals surface area (Å²) in [5.41, 5.74) is 1.20. The molecule has 26 heavy (non-hydrogen) atoms. The second-order valence-corrected chi connectivity index (χ2v) is 8.54. The average molecular weight is 356 g/mol. The van der Waals surface area contributed by atoms with Crippen LogP contribution in [0, 0.1) is 5.92 Å². The van der Waals surface area contributed by atoms with Gasteiger partial charge in [-0.2, -0.15) is 0 Å². The number of amides is 1. The first-order valence-electron chi connectivity index (χ1n) is 9.62. The number of nitrogens with one attached hydrogen (secondary N) is 1. The molecule has 1 N–H and O–H groups in total. The minimum Gasteiger partial charge on any atom is -0.497 e. The van der Waals surface area contributed by atoms with Gasteiger partial charge in [-0.15, -0.1) is 0 Å². The predicted molar refractivity (Wildman–Crippen MR) is 98.1 cm³/mol. The molecular weight excluding hydrogens is 331 g/mol. The predicted octanol–water partition coefficient (Wildman–Crippen LogP) is 4.16. The minimum atomic E-state index is -0.992. The van der Waals surface area contributed by atoms with Crippen molar-refractivity contribution >= 4 is 16.8 Å². The highest BCUT2D eigenvalue weighted by Crippen LogP contribution is 2.57. The number of alkyl halides is 1. The van der Waals surface area contributed by atoms with Crippen molar-refractivity contribution in [3.05, 3.63) is 30.0 Å². The fraction of sp³-hybridized carbons (Fsp3) is 0.571. The van der Waals surface area contributed by atoms with Crippen molar-refractivity contribution in [2.75, 3.05) is 7.11 Å². The molecule has 5 atom stereocenters. The molecule has 6 rings (SSSR count). The number of H-pyrrole nitrogens is 1. The normalized spacial score (nSPS) is 33.2. The van der Waals surface area contributed by atoms with Gasteiger partial charge in [-0.25, -0.2) is 4.39 Å². The van der Waals surface area contributed by atoms with Crippen molar-refractivity contribution in [3.63, 3.8) is 0 Å². The smallest absolute Gasteiger partial charge is 0.223 e. The first-order valence-corrected chi connectivity index (χ1v) is 9.62. The molecule has 5 heteroatoms. The maximum absolute atomic E-state index is 14.6. The molecule has 2 saturated heterocycles. The van der Waals surface area contributed by atoms with Gasteiger partial charge < -0.3 is 14.6 Å². The number of rotatable bonds is 4. The third kappa shape index (κ3) is 2.29. The van der Waals surface area contributed by atoms with Crippen LogP contribution in [0.1, 0.15) is 50.5 Å². The van der Waals surface area contributed by atoms with Crippen LogP contribution in [-0.4, -0.2) is 40.7 Å². The fourth-order valence-corrected chi connectivity index (χ4v) is 5.82. The van der Waals surface area contributed by atoms with Crippen LogP contribution in [0.15, 0.2) is 24.4 Å². The highest BCUT2D eigenvalue weighted by molar-refractivity contribution is 5.86. The number of halogens is 1. The van der Waals surface area contributed by atoms with E-state index in [1.807, 2.05) is 29.3 Å². The molecule has 2 aromatic rings. The second kappa shape index (κ2) is 5.48. The molecule has 2 aliphatic heterocycles. The molecule has 4 nitrogen and oxygen atoms in total. The van der Waals surface area contributed by atoms with E-state index in [0.29, 0.717) is 31.6 Å². The van der Waals surface area contributed by atoms with Gasteiger partial charge in [-0.05, 0) is 48.4 Å². The number of aromatic amines is 1. The third-order valence-electron chi connectivity index (χ3n) is 6.89. The van der Waals surface area contributed by atoms with E-state index < -0.39 is 5.67 Å². The molecule has 1 aromatic heterocycles. The number of aromatic nitrogens is 1. The van der Waals surface area contributed by atoms with Crippen molar-refractivity contribution in [2.24, 2.45) is 5.92 Å². The Labute approximate surface area is 152 Å². The Kier molecular flexibility index (Phi) is 3.40. The van der Waals surface area contributed by atoms with Gasteiger partial charge in [0.15, 0.2) is 0 Å². The largest absolute Gasteiger partial charge is 0.497 e. The lowest BCUT2D eigenvalue weighted by Gasteiger charge is -2.39. The van der Waals surface area contributed by atoms with Gasteiger partial charge in [0.1, 0.15) is 11.4 Å². The van der Waals surface area contributed by atoms with E-state index in [-0.39, 0.29) is 23.9 Å². The molecule has 4 fully saturated rings. The number of carbonyl (C=O) groups is 1. The number of benzene rings is 1. The highest BCUT2D eigenvalue weighted by atomic mass is 19.1. The summed E-state index contributed by atoms with van der Waals surface area (Å²) >= 11 is 0. The van der Waals surface area contributed by atoms with E-state index in [1.165, 1.54) is 0 Å². The first kappa shape index (κ1) is 16.2. The Hall–Kier alpha value is -2.04. The molecule has 4 bridgehead atoms. The van der Waals surface area contributed by atoms with Gasteiger partial charge in [0.25, 0.3) is 0 Å². The topological polar surface area (TPSA) is 45.3 Å². The quantitative estimate of drug-likeness (QED) is 0.894. The Morgan fingerprint density at radius 2 is 2.27 bits per heavy atom. The highest BCUT2D eigenvalue weighted by Gasteiger charge is 2.61. The Balaban J connectivity index is 1.36. The zero-order valence-electron chi connectivity index (χ0n) is 15.3. The number of ether oxygens (including phenoxy) is 1. The molecule has 2 saturated carbocycles. The first-order chi connectivity index (χ1) is 12.5. The van der Waals surface area contributed by atoms with Crippen LogP contribution in [0.2, 0.25) is 0 Å². The van der Waals surface area contributed by atoms with Crippen LogP contribution in [0.3, 0.4) is 0 Å². The lowest BCUT2D eigenvalue weighted by molar-refractivity contribution is -0.137. The van der Waals surface area contributed by atoms with Crippen LogP contribution in [-0.2, 0) is 4.79 Å². The number of hydrogen-bond donors (Lipinski definition) is 1. The van der Waals surface area contributed by atoms with Crippen molar-refractivity contribution in [1.29, 1.82) is 0 Å². The Morgan fingerprint density at radius 1 is 1.42 bits per heavy atom. The molecule has 0 radical (unpaired) electrons. The fourth-order valence-electron chi connectivity index (χ4n) is 5.82. The third-order valence-corrected chi connectivity index (χ3v) is 6.89. The SMILES string of the molecule is COc1ccc2[nH]cc(C(C)CC(=O)N3C4CC5CC(F)(C4)CC53)c2c1. The van der Waals surface area contributed by atoms with Crippen LogP contribution in [0.4, 0.5) is 4.39 Å². The standard InChI is InChI=1S/C21H25FN2O2/c1-12(17-11-23-18-4-3-15(26-2)7-16(17)18)5-20(25)24-14-6-13-8-21(22,9-14)10-19(13)24/h3-4,7,11-14,19,23H,5-6,8-10H2,1-2H3. The zero-order chi connectivity index (χ0) is 18.1. The summed E-state index contributed by atoms with van der Waals surface area (Å²) in [6.07, 6.45) is 5.24. The lowest BCUT2D eigenvalue weighted by atomic mass is 9.84. The summed E-state index contributed by atoms with van der Waals surface area (Å²) < 4.78 is 20.0. The zero-order valence-corrected chi connectivity index (χ0v) is 15.3. The lowest BCUT2D eigenvalue weighted by Crippen LogP contribution is -2.49. The molecule has 3 heterocycles. The molecule has 1 amide bonds. The molecule has 2 aliphatic carbocycles. The van der Waals surface area contributed by atoms with Crippen molar-refractivity contribution in [1.82, 2.24) is 9.88 Å². The van der Waals surface area contributed by atoms with Gasteiger partial charge in [0.2, 0.25) is 5.91 Å². The Bertz CT molecular complexity index is 874. The van der Waals surface area contributed by atoms with Crippen molar-refractivity contribution in [3.8, 4) is 5.75 Å². The van der Waals surface area contributed by atoms with E-state index in [0.717, 1.165) is 28.6 Å². The molecule has 5 unspecified atom stereocenters. The van der Waals surface area contributed by atoms with Crippen LogP contribution in [0.5, 0.6) is 5.75 Å². The number of nitrogens with zero attached hydrogens (tertiary/aromatic N) is 1. The van der Waals surface area contributed by atoms with Gasteiger partial charge in [0.05, 0.1) is 7.11 Å². The summed E-state index contributed by atoms with van der Waals surface area (Å²) in [5.74, 6) is 1.50. The average Bonchev–Trinajstić information content (AvgIpc) is 3.20. The van der Waals surface area contributed by atoms with E-state index in [2.05, 4.69) is 11.9 Å². The number of piperidine rings is 1. The minimum absolute atomic E-state index is 0.110. The summed E-state index contributed by atoms with van der Waals surface area (Å²) in [4.78, 5) is 18.4. The number of methoxy groups -OCH3 is 1. The maximum atomic E-state index is 14.6. The summed E-state index contributed by atoms with van der Waals surface area (Å²) in [5, 5.41) is 1.11.